The summed E-state index contributed by atoms with van der Waals surface area (Å²) in [7, 11) is 0. The Morgan fingerprint density at radius 3 is 2.47 bits per heavy atom. The van der Waals surface area contributed by atoms with Crippen molar-refractivity contribution < 1.29 is 0 Å². The highest BCUT2D eigenvalue weighted by atomic mass is 35.5. The topological polar surface area (TPSA) is 25.8 Å². The maximum Gasteiger partial charge on any atom is 0.133 e. The molecule has 88 valence electrons. The second kappa shape index (κ2) is 4.84. The summed E-state index contributed by atoms with van der Waals surface area (Å²) < 4.78 is 0. The van der Waals surface area contributed by atoms with E-state index in [0.29, 0.717) is 5.15 Å². The maximum atomic E-state index is 6.05. The minimum absolute atomic E-state index is 0.275. The summed E-state index contributed by atoms with van der Waals surface area (Å²) in [6, 6.07) is 9.96. The molecule has 0 amide bonds. The van der Waals surface area contributed by atoms with Crippen LogP contribution in [0.1, 0.15) is 31.2 Å². The van der Waals surface area contributed by atoms with E-state index >= 15 is 0 Å². The van der Waals surface area contributed by atoms with Crippen molar-refractivity contribution in [3.05, 3.63) is 46.9 Å². The number of rotatable bonds is 2. The molecule has 0 N–H and O–H groups in total. The molecular weight excluding hydrogens is 232 g/mol. The van der Waals surface area contributed by atoms with Crippen molar-refractivity contribution in [2.45, 2.75) is 26.7 Å². The third-order valence-corrected chi connectivity index (χ3v) is 2.84. The number of benzene rings is 1. The Kier molecular flexibility index (Phi) is 3.43. The number of halogens is 1. The van der Waals surface area contributed by atoms with Crippen LogP contribution in [0.4, 0.5) is 0 Å². The summed E-state index contributed by atoms with van der Waals surface area (Å²) in [5.41, 5.74) is 3.20. The van der Waals surface area contributed by atoms with Gasteiger partial charge in [0.1, 0.15) is 11.0 Å². The van der Waals surface area contributed by atoms with Crippen molar-refractivity contribution >= 4 is 11.6 Å². The first-order chi connectivity index (χ1) is 8.08. The van der Waals surface area contributed by atoms with Crippen molar-refractivity contribution in [2.24, 2.45) is 0 Å². The van der Waals surface area contributed by atoms with E-state index in [1.165, 1.54) is 5.56 Å². The molecule has 3 heteroatoms. The highest BCUT2D eigenvalue weighted by Crippen LogP contribution is 2.24. The minimum Gasteiger partial charge on any atom is -0.233 e. The molecule has 1 aromatic carbocycles. The maximum absolute atomic E-state index is 6.05. The Bertz CT molecular complexity index is 535. The molecule has 1 aromatic heterocycles. The van der Waals surface area contributed by atoms with E-state index in [-0.39, 0.29) is 5.92 Å². The highest BCUT2D eigenvalue weighted by molar-refractivity contribution is 6.29. The molecule has 0 fully saturated rings. The van der Waals surface area contributed by atoms with E-state index in [0.717, 1.165) is 17.1 Å². The van der Waals surface area contributed by atoms with Crippen molar-refractivity contribution in [2.75, 3.05) is 0 Å². The fourth-order valence-corrected chi connectivity index (χ4v) is 1.88. The van der Waals surface area contributed by atoms with Gasteiger partial charge in [-0.05, 0) is 12.5 Å². The van der Waals surface area contributed by atoms with Crippen molar-refractivity contribution in [1.29, 1.82) is 0 Å². The van der Waals surface area contributed by atoms with E-state index in [1.807, 2.05) is 18.2 Å². The summed E-state index contributed by atoms with van der Waals surface area (Å²) in [4.78, 5) is 8.81. The number of aromatic nitrogens is 2. The summed E-state index contributed by atoms with van der Waals surface area (Å²) in [6.45, 7) is 6.20. The molecule has 0 spiro atoms. The number of hydrogen-bond donors (Lipinski definition) is 0. The lowest BCUT2D eigenvalue weighted by atomic mass is 10.1. The first kappa shape index (κ1) is 12.1. The van der Waals surface area contributed by atoms with Crippen LogP contribution in [0.2, 0.25) is 5.15 Å². The molecule has 0 atom stereocenters. The lowest BCUT2D eigenvalue weighted by Gasteiger charge is -2.09. The normalized spacial score (nSPS) is 10.9. The zero-order chi connectivity index (χ0) is 12.4. The molecule has 1 heterocycles. The SMILES string of the molecule is Cc1ccccc1-c1cc(Cl)nc(C(C)C)n1. The van der Waals surface area contributed by atoms with Crippen LogP contribution in [-0.4, -0.2) is 9.97 Å². The van der Waals surface area contributed by atoms with Gasteiger partial charge < -0.3 is 0 Å². The Morgan fingerprint density at radius 1 is 1.12 bits per heavy atom. The second-order valence-corrected chi connectivity index (χ2v) is 4.79. The zero-order valence-corrected chi connectivity index (χ0v) is 11.0. The van der Waals surface area contributed by atoms with Crippen molar-refractivity contribution in [3.8, 4) is 11.3 Å². The van der Waals surface area contributed by atoms with Crippen LogP contribution in [-0.2, 0) is 0 Å². The third kappa shape index (κ3) is 2.64. The first-order valence-electron chi connectivity index (χ1n) is 5.68. The lowest BCUT2D eigenvalue weighted by molar-refractivity contribution is 0.776. The fraction of sp³-hybridized carbons (Fsp3) is 0.286. The summed E-state index contributed by atoms with van der Waals surface area (Å²) >= 11 is 6.05. The Balaban J connectivity index is 2.56. The van der Waals surface area contributed by atoms with E-state index < -0.39 is 0 Å². The lowest BCUT2D eigenvalue weighted by Crippen LogP contribution is -1.99. The summed E-state index contributed by atoms with van der Waals surface area (Å²) in [5, 5.41) is 0.502. The van der Waals surface area contributed by atoms with Gasteiger partial charge in [-0.3, -0.25) is 0 Å². The quantitative estimate of drug-likeness (QED) is 0.741. The predicted octanol–water partition coefficient (Wildman–Crippen LogP) is 4.23. The van der Waals surface area contributed by atoms with Crippen molar-refractivity contribution in [1.82, 2.24) is 9.97 Å². The molecular formula is C14H15ClN2. The van der Waals surface area contributed by atoms with Crippen molar-refractivity contribution in [3.63, 3.8) is 0 Å². The van der Waals surface area contributed by atoms with Crippen LogP contribution >= 0.6 is 11.6 Å². The fourth-order valence-electron chi connectivity index (χ4n) is 1.69. The first-order valence-corrected chi connectivity index (χ1v) is 6.06. The molecule has 2 aromatic rings. The van der Waals surface area contributed by atoms with Gasteiger partial charge in [-0.1, -0.05) is 49.7 Å². The van der Waals surface area contributed by atoms with Crippen LogP contribution < -0.4 is 0 Å². The monoisotopic (exact) mass is 246 g/mol. The smallest absolute Gasteiger partial charge is 0.133 e. The van der Waals surface area contributed by atoms with Gasteiger partial charge in [0.25, 0.3) is 0 Å². The van der Waals surface area contributed by atoms with Gasteiger partial charge in [-0.25, -0.2) is 9.97 Å². The number of hydrogen-bond acceptors (Lipinski definition) is 2. The summed E-state index contributed by atoms with van der Waals surface area (Å²) in [5.74, 6) is 1.06. The average molecular weight is 247 g/mol. The van der Waals surface area contributed by atoms with Gasteiger partial charge in [0.2, 0.25) is 0 Å². The van der Waals surface area contributed by atoms with E-state index in [2.05, 4.69) is 42.9 Å². The van der Waals surface area contributed by atoms with Crippen LogP contribution in [0.5, 0.6) is 0 Å². The largest absolute Gasteiger partial charge is 0.233 e. The minimum atomic E-state index is 0.275. The number of aryl methyl sites for hydroxylation is 1. The Hall–Kier alpha value is -1.41. The second-order valence-electron chi connectivity index (χ2n) is 4.40. The molecule has 2 rings (SSSR count). The van der Waals surface area contributed by atoms with Crippen LogP contribution in [0, 0.1) is 6.92 Å². The molecule has 0 aliphatic carbocycles. The molecule has 0 unspecified atom stereocenters. The number of nitrogens with zero attached hydrogens (tertiary/aromatic N) is 2. The van der Waals surface area contributed by atoms with Crippen LogP contribution in [0.25, 0.3) is 11.3 Å². The third-order valence-electron chi connectivity index (χ3n) is 2.65. The van der Waals surface area contributed by atoms with Crippen LogP contribution in [0.15, 0.2) is 30.3 Å². The molecule has 0 saturated heterocycles. The summed E-state index contributed by atoms with van der Waals surface area (Å²) in [6.07, 6.45) is 0. The van der Waals surface area contributed by atoms with E-state index in [1.54, 1.807) is 0 Å². The Morgan fingerprint density at radius 2 is 1.82 bits per heavy atom. The standard InChI is InChI=1S/C14H15ClN2/c1-9(2)14-16-12(8-13(15)17-14)11-7-5-4-6-10(11)3/h4-9H,1-3H3. The highest BCUT2D eigenvalue weighted by Gasteiger charge is 2.09. The van der Waals surface area contributed by atoms with Gasteiger partial charge in [0.05, 0.1) is 5.69 Å². The molecule has 0 radical (unpaired) electrons. The van der Waals surface area contributed by atoms with Gasteiger partial charge in [-0.2, -0.15) is 0 Å². The average Bonchev–Trinajstić information content (AvgIpc) is 2.28. The van der Waals surface area contributed by atoms with E-state index in [4.69, 9.17) is 11.6 Å². The van der Waals surface area contributed by atoms with Gasteiger partial charge >= 0.3 is 0 Å². The van der Waals surface area contributed by atoms with Crippen LogP contribution in [0.3, 0.4) is 0 Å². The predicted molar refractivity (Wildman–Crippen MR) is 71.3 cm³/mol. The van der Waals surface area contributed by atoms with E-state index in [9.17, 15) is 0 Å². The molecule has 0 aliphatic rings. The molecule has 0 aliphatic heterocycles. The molecule has 17 heavy (non-hydrogen) atoms. The van der Waals surface area contributed by atoms with Gasteiger partial charge in [0.15, 0.2) is 0 Å². The zero-order valence-electron chi connectivity index (χ0n) is 10.2. The van der Waals surface area contributed by atoms with Gasteiger partial charge in [0, 0.05) is 17.5 Å². The van der Waals surface area contributed by atoms with Gasteiger partial charge in [-0.15, -0.1) is 0 Å². The molecule has 0 saturated carbocycles. The molecule has 0 bridgehead atoms. The Labute approximate surface area is 107 Å². The molecule has 2 nitrogen and oxygen atoms in total.